The lowest BCUT2D eigenvalue weighted by molar-refractivity contribution is -0.346. The van der Waals surface area contributed by atoms with Gasteiger partial charge in [-0.15, -0.1) is 0 Å². The van der Waals surface area contributed by atoms with Crippen molar-refractivity contribution in [3.05, 3.63) is 45.3 Å². The summed E-state index contributed by atoms with van der Waals surface area (Å²) in [6.45, 7) is 4.19. The van der Waals surface area contributed by atoms with Crippen LogP contribution in [0, 0.1) is 5.92 Å². The Bertz CT molecular complexity index is 1450. The van der Waals surface area contributed by atoms with Gasteiger partial charge in [0.2, 0.25) is 11.8 Å². The first kappa shape index (κ1) is 39.7. The number of aromatic nitrogens is 2. The highest BCUT2D eigenvalue weighted by atomic mass is 16.8. The first-order valence-electron chi connectivity index (χ1n) is 16.1. The Balaban J connectivity index is 1.58. The fourth-order valence-electron chi connectivity index (χ4n) is 6.01. The Morgan fingerprint density at radius 3 is 2.10 bits per heavy atom. The third-order valence-electron chi connectivity index (χ3n) is 8.66. The van der Waals surface area contributed by atoms with Crippen molar-refractivity contribution in [3.8, 4) is 0 Å². The van der Waals surface area contributed by atoms with Crippen molar-refractivity contribution < 1.29 is 69.4 Å². The number of amides is 2. The topological polar surface area (TPSA) is 312 Å². The van der Waals surface area contributed by atoms with Crippen LogP contribution in [-0.4, -0.2) is 155 Å². The van der Waals surface area contributed by atoms with E-state index < -0.39 is 128 Å². The predicted octanol–water partition coefficient (Wildman–Crippen LogP) is -5.60. The zero-order valence-electron chi connectivity index (χ0n) is 27.5. The molecule has 3 fully saturated rings. The molecule has 50 heavy (non-hydrogen) atoms. The van der Waals surface area contributed by atoms with E-state index in [1.54, 1.807) is 6.08 Å². The van der Waals surface area contributed by atoms with Crippen LogP contribution in [0.3, 0.4) is 0 Å². The molecule has 20 nitrogen and oxygen atoms in total. The number of rotatable bonds is 12. The molecule has 0 saturated carbocycles. The number of nitrogens with zero attached hydrogens (tertiary/aromatic N) is 1. The molecule has 282 valence electrons. The third kappa shape index (κ3) is 9.02. The maximum Gasteiger partial charge on any atom is 0.330 e. The van der Waals surface area contributed by atoms with E-state index in [0.29, 0.717) is 6.42 Å². The number of ether oxygens (including phenoxy) is 4. The van der Waals surface area contributed by atoms with Crippen LogP contribution < -0.4 is 21.9 Å². The Morgan fingerprint density at radius 1 is 0.920 bits per heavy atom. The van der Waals surface area contributed by atoms with Gasteiger partial charge in [0.25, 0.3) is 5.56 Å². The molecule has 3 saturated heterocycles. The summed E-state index contributed by atoms with van der Waals surface area (Å²) in [5.41, 5.74) is -1.69. The zero-order chi connectivity index (χ0) is 37.0. The van der Waals surface area contributed by atoms with Crippen LogP contribution in [0.5, 0.6) is 0 Å². The van der Waals surface area contributed by atoms with Gasteiger partial charge in [0.1, 0.15) is 60.9 Å². The van der Waals surface area contributed by atoms with Gasteiger partial charge in [-0.2, -0.15) is 0 Å². The molecule has 1 aromatic rings. The van der Waals surface area contributed by atoms with Gasteiger partial charge in [-0.1, -0.05) is 19.9 Å². The Hall–Kier alpha value is -3.12. The average Bonchev–Trinajstić information content (AvgIpc) is 3.34. The third-order valence-corrected chi connectivity index (χ3v) is 8.66. The van der Waals surface area contributed by atoms with E-state index in [4.69, 9.17) is 18.9 Å². The highest BCUT2D eigenvalue weighted by Gasteiger charge is 2.53. The van der Waals surface area contributed by atoms with Crippen LogP contribution in [0.15, 0.2) is 34.0 Å². The molecule has 3 aliphatic rings. The molecule has 0 spiro atoms. The van der Waals surface area contributed by atoms with Crippen LogP contribution >= 0.6 is 0 Å². The number of hydrogen-bond donors (Lipinski definition) is 11. The number of carbonyl (C=O) groups is 2. The summed E-state index contributed by atoms with van der Waals surface area (Å²) in [7, 11) is 0. The molecule has 4 heterocycles. The molecular weight excluding hydrogens is 672 g/mol. The zero-order valence-corrected chi connectivity index (χ0v) is 27.5. The Labute approximate surface area is 284 Å². The summed E-state index contributed by atoms with van der Waals surface area (Å²) in [6, 6.07) is -2.02. The lowest BCUT2D eigenvalue weighted by Gasteiger charge is -2.47. The summed E-state index contributed by atoms with van der Waals surface area (Å²) in [5.74, 6) is -1.16. The van der Waals surface area contributed by atoms with Gasteiger partial charge >= 0.3 is 5.69 Å². The van der Waals surface area contributed by atoms with Gasteiger partial charge in [-0.3, -0.25) is 23.9 Å². The van der Waals surface area contributed by atoms with Gasteiger partial charge in [0, 0.05) is 25.6 Å². The van der Waals surface area contributed by atoms with E-state index in [9.17, 15) is 60.0 Å². The van der Waals surface area contributed by atoms with Crippen molar-refractivity contribution in [1.29, 1.82) is 0 Å². The summed E-state index contributed by atoms with van der Waals surface area (Å²) in [4.78, 5) is 50.5. The van der Waals surface area contributed by atoms with Crippen molar-refractivity contribution in [2.24, 2.45) is 5.92 Å². The standard InChI is InChI=1S/C30H46N4O16/c1-11(2)5-4-6-16(38)32-19-23(43)20(40)14(47-29(19)50-28-18(31-12(3)36)22(42)21(41)15(10-35)48-28)9-13(37)26-24(44)25(45)27(49-26)34-8-7-17(39)33-30(34)46/h4,6-8,11,13-15,18-29,35,37,40-45H,5,9-10H2,1-3H3,(H,31,36)(H,32,38)(H,33,39,46). The molecule has 2 amide bonds. The maximum absolute atomic E-state index is 12.8. The predicted molar refractivity (Wildman–Crippen MR) is 166 cm³/mol. The number of H-pyrrole nitrogens is 1. The van der Waals surface area contributed by atoms with Gasteiger partial charge in [0.15, 0.2) is 18.8 Å². The van der Waals surface area contributed by atoms with Crippen molar-refractivity contribution in [3.63, 3.8) is 0 Å². The van der Waals surface area contributed by atoms with Crippen LogP contribution in [0.4, 0.5) is 0 Å². The molecule has 0 radical (unpaired) electrons. The maximum atomic E-state index is 12.8. The van der Waals surface area contributed by atoms with E-state index >= 15 is 0 Å². The number of aliphatic hydroxyl groups is 8. The van der Waals surface area contributed by atoms with Crippen molar-refractivity contribution in [2.75, 3.05) is 6.61 Å². The Morgan fingerprint density at radius 2 is 1.52 bits per heavy atom. The first-order chi connectivity index (χ1) is 23.5. The molecular formula is C30H46N4O16. The summed E-state index contributed by atoms with van der Waals surface area (Å²) < 4.78 is 23.8. The molecule has 4 rings (SSSR count). The molecule has 15 unspecified atom stereocenters. The second-order valence-corrected chi connectivity index (χ2v) is 13.0. The summed E-state index contributed by atoms with van der Waals surface area (Å²) >= 11 is 0. The lowest BCUT2D eigenvalue weighted by atomic mass is 9.91. The van der Waals surface area contributed by atoms with Crippen molar-refractivity contribution in [1.82, 2.24) is 20.2 Å². The highest BCUT2D eigenvalue weighted by Crippen LogP contribution is 2.34. The number of aliphatic hydroxyl groups excluding tert-OH is 8. The number of allylic oxidation sites excluding steroid dienone is 1. The van der Waals surface area contributed by atoms with E-state index in [2.05, 4.69) is 10.6 Å². The van der Waals surface area contributed by atoms with E-state index in [-0.39, 0.29) is 5.92 Å². The van der Waals surface area contributed by atoms with Gasteiger partial charge in [-0.05, 0) is 18.4 Å². The molecule has 3 aliphatic heterocycles. The van der Waals surface area contributed by atoms with E-state index in [1.807, 2.05) is 18.8 Å². The minimum atomic E-state index is -1.85. The Kier molecular flexibility index (Phi) is 13.4. The second kappa shape index (κ2) is 16.9. The smallest absolute Gasteiger partial charge is 0.330 e. The monoisotopic (exact) mass is 718 g/mol. The molecule has 15 atom stereocenters. The number of nitrogens with one attached hydrogen (secondary N) is 3. The number of aromatic amines is 1. The summed E-state index contributed by atoms with van der Waals surface area (Å²) in [6.07, 6.45) is -18.1. The lowest BCUT2D eigenvalue weighted by Crippen LogP contribution is -2.68. The molecule has 11 N–H and O–H groups in total. The largest absolute Gasteiger partial charge is 0.394 e. The first-order valence-corrected chi connectivity index (χ1v) is 16.1. The molecule has 0 bridgehead atoms. The fourth-order valence-corrected chi connectivity index (χ4v) is 6.01. The minimum absolute atomic E-state index is 0.222. The van der Waals surface area contributed by atoms with Gasteiger partial charge in [-0.25, -0.2) is 4.79 Å². The van der Waals surface area contributed by atoms with E-state index in [0.717, 1.165) is 23.8 Å². The fraction of sp³-hybridized carbons (Fsp3) is 0.733. The molecule has 1 aromatic heterocycles. The normalized spacial score (nSPS) is 38.3. The quantitative estimate of drug-likeness (QED) is 0.0898. The average molecular weight is 719 g/mol. The molecule has 0 aliphatic carbocycles. The SMILES string of the molecule is CC(=O)NC1C(OC2OC(CC(O)C3OC(n4ccc(=O)[nH]c4=O)C(O)C3O)C(O)C(O)C2NC(=O)C=CCC(C)C)OC(CO)C(O)C1O. The summed E-state index contributed by atoms with van der Waals surface area (Å²) in [5, 5.41) is 90.4. The minimum Gasteiger partial charge on any atom is -0.394 e. The van der Waals surface area contributed by atoms with Gasteiger partial charge < -0.3 is 70.4 Å². The second-order valence-electron chi connectivity index (χ2n) is 13.0. The molecule has 20 heteroatoms. The highest BCUT2D eigenvalue weighted by molar-refractivity contribution is 5.87. The van der Waals surface area contributed by atoms with Crippen LogP contribution in [0.25, 0.3) is 0 Å². The van der Waals surface area contributed by atoms with Crippen LogP contribution in [0.1, 0.15) is 39.8 Å². The van der Waals surface area contributed by atoms with Crippen LogP contribution in [-0.2, 0) is 28.5 Å². The van der Waals surface area contributed by atoms with Crippen molar-refractivity contribution >= 4 is 11.8 Å². The van der Waals surface area contributed by atoms with Gasteiger partial charge in [0.05, 0.1) is 18.8 Å². The van der Waals surface area contributed by atoms with Crippen LogP contribution in [0.2, 0.25) is 0 Å². The van der Waals surface area contributed by atoms with Crippen molar-refractivity contribution in [2.45, 2.75) is 126 Å². The number of carbonyl (C=O) groups excluding carboxylic acids is 2. The van der Waals surface area contributed by atoms with E-state index in [1.165, 1.54) is 6.08 Å². The number of hydrogen-bond acceptors (Lipinski definition) is 16. The molecule has 0 aromatic carbocycles.